The van der Waals surface area contributed by atoms with E-state index in [2.05, 4.69) is 44.9 Å². The summed E-state index contributed by atoms with van der Waals surface area (Å²) >= 11 is 7.87. The summed E-state index contributed by atoms with van der Waals surface area (Å²) in [6.07, 6.45) is 2.34. The fraction of sp³-hybridized carbons (Fsp3) is 0.391. The fourth-order valence-electron chi connectivity index (χ4n) is 3.78. The first-order valence-corrected chi connectivity index (χ1v) is 11.5. The van der Waals surface area contributed by atoms with Gasteiger partial charge in [-0.3, -0.25) is 4.79 Å². The Morgan fingerprint density at radius 2 is 1.77 bits per heavy atom. The third-order valence-corrected chi connectivity index (χ3v) is 6.45. The lowest BCUT2D eigenvalue weighted by atomic mass is 10.1. The van der Waals surface area contributed by atoms with Gasteiger partial charge in [-0.25, -0.2) is 0 Å². The SMILES string of the molecule is COc1cc(C(=S)N2CCCC2)cc(I)c1OCC(=O)Nc1c(C)cc(C)cc1C. The molecular formula is C23H27IN2O3S. The molecule has 7 heteroatoms. The van der Waals surface area contributed by atoms with Gasteiger partial charge in [0.05, 0.1) is 10.7 Å². The van der Waals surface area contributed by atoms with E-state index in [1.54, 1.807) is 7.11 Å². The van der Waals surface area contributed by atoms with Gasteiger partial charge < -0.3 is 19.7 Å². The van der Waals surface area contributed by atoms with Crippen LogP contribution in [0.5, 0.6) is 11.5 Å². The molecule has 1 aliphatic rings. The van der Waals surface area contributed by atoms with E-state index >= 15 is 0 Å². The first-order chi connectivity index (χ1) is 14.3. The normalized spacial score (nSPS) is 13.3. The maximum absolute atomic E-state index is 12.5. The van der Waals surface area contributed by atoms with E-state index < -0.39 is 0 Å². The minimum atomic E-state index is -0.209. The summed E-state index contributed by atoms with van der Waals surface area (Å²) in [6, 6.07) is 7.99. The standard InChI is InChI=1S/C23H27IN2O3S/c1-14-9-15(2)21(16(3)10-14)25-20(27)13-29-22-18(24)11-17(12-19(22)28-4)23(30)26-7-5-6-8-26/h9-12H,5-8,13H2,1-4H3,(H,25,27). The lowest BCUT2D eigenvalue weighted by Gasteiger charge is -2.20. The fourth-order valence-corrected chi connectivity index (χ4v) is 4.83. The van der Waals surface area contributed by atoms with Crippen LogP contribution >= 0.6 is 34.8 Å². The number of amides is 1. The Bertz CT molecular complexity index is 948. The molecule has 0 spiro atoms. The number of nitrogens with one attached hydrogen (secondary N) is 1. The summed E-state index contributed by atoms with van der Waals surface area (Å²) < 4.78 is 12.3. The molecule has 1 saturated heterocycles. The summed E-state index contributed by atoms with van der Waals surface area (Å²) in [6.45, 7) is 7.91. The number of thiocarbonyl (C=S) groups is 1. The van der Waals surface area contributed by atoms with Crippen LogP contribution in [0.4, 0.5) is 5.69 Å². The van der Waals surface area contributed by atoms with Crippen molar-refractivity contribution in [2.75, 3.05) is 32.1 Å². The van der Waals surface area contributed by atoms with Crippen LogP contribution in [0.2, 0.25) is 0 Å². The first kappa shape index (κ1) is 22.8. The van der Waals surface area contributed by atoms with E-state index in [1.165, 1.54) is 18.4 Å². The van der Waals surface area contributed by atoms with Gasteiger partial charge in [0.2, 0.25) is 0 Å². The largest absolute Gasteiger partial charge is 0.493 e. The molecule has 1 aliphatic heterocycles. The monoisotopic (exact) mass is 538 g/mol. The summed E-state index contributed by atoms with van der Waals surface area (Å²) in [7, 11) is 1.60. The number of nitrogens with zero attached hydrogens (tertiary/aromatic N) is 1. The zero-order chi connectivity index (χ0) is 21.8. The van der Waals surface area contributed by atoms with Crippen LogP contribution in [0, 0.1) is 24.3 Å². The van der Waals surface area contributed by atoms with Crippen molar-refractivity contribution in [1.82, 2.24) is 4.90 Å². The van der Waals surface area contributed by atoms with Crippen LogP contribution in [0.1, 0.15) is 35.1 Å². The molecule has 0 aliphatic carbocycles. The van der Waals surface area contributed by atoms with Crippen LogP contribution < -0.4 is 14.8 Å². The predicted molar refractivity (Wildman–Crippen MR) is 133 cm³/mol. The Hall–Kier alpha value is -1.87. The Morgan fingerprint density at radius 1 is 1.13 bits per heavy atom. The minimum Gasteiger partial charge on any atom is -0.493 e. The molecule has 0 aromatic heterocycles. The number of aryl methyl sites for hydroxylation is 3. The summed E-state index contributed by atoms with van der Waals surface area (Å²) in [4.78, 5) is 15.6. The molecule has 1 amide bonds. The Kier molecular flexibility index (Phi) is 7.57. The molecule has 1 N–H and O–H groups in total. The van der Waals surface area contributed by atoms with Crippen molar-refractivity contribution in [2.45, 2.75) is 33.6 Å². The zero-order valence-corrected chi connectivity index (χ0v) is 20.8. The maximum atomic E-state index is 12.5. The molecular weight excluding hydrogens is 511 g/mol. The van der Waals surface area contributed by atoms with Crippen molar-refractivity contribution < 1.29 is 14.3 Å². The Balaban J connectivity index is 1.72. The number of halogens is 1. The van der Waals surface area contributed by atoms with E-state index in [4.69, 9.17) is 21.7 Å². The topological polar surface area (TPSA) is 50.8 Å². The van der Waals surface area contributed by atoms with E-state index in [9.17, 15) is 4.79 Å². The molecule has 1 heterocycles. The van der Waals surface area contributed by atoms with Gasteiger partial charge in [0.1, 0.15) is 4.99 Å². The second kappa shape index (κ2) is 9.96. The van der Waals surface area contributed by atoms with Crippen LogP contribution in [0.3, 0.4) is 0 Å². The summed E-state index contributed by atoms with van der Waals surface area (Å²) in [5, 5.41) is 2.96. The summed E-state index contributed by atoms with van der Waals surface area (Å²) in [5.74, 6) is 0.923. The third kappa shape index (κ3) is 5.24. The molecule has 0 bridgehead atoms. The highest BCUT2D eigenvalue weighted by molar-refractivity contribution is 14.1. The van der Waals surface area contributed by atoms with Crippen LogP contribution in [-0.2, 0) is 4.79 Å². The van der Waals surface area contributed by atoms with Crippen molar-refractivity contribution in [3.8, 4) is 11.5 Å². The molecule has 160 valence electrons. The lowest BCUT2D eigenvalue weighted by Crippen LogP contribution is -2.27. The average molecular weight is 538 g/mol. The van der Waals surface area contributed by atoms with Gasteiger partial charge in [-0.1, -0.05) is 29.9 Å². The highest BCUT2D eigenvalue weighted by atomic mass is 127. The highest BCUT2D eigenvalue weighted by Crippen LogP contribution is 2.35. The number of carbonyl (C=O) groups excluding carboxylic acids is 1. The Morgan fingerprint density at radius 3 is 2.37 bits per heavy atom. The van der Waals surface area contributed by atoms with Crippen molar-refractivity contribution in [3.63, 3.8) is 0 Å². The van der Waals surface area contributed by atoms with Crippen molar-refractivity contribution in [1.29, 1.82) is 0 Å². The van der Waals surface area contributed by atoms with E-state index in [0.29, 0.717) is 11.5 Å². The van der Waals surface area contributed by atoms with E-state index in [1.807, 2.05) is 32.9 Å². The van der Waals surface area contributed by atoms with E-state index in [-0.39, 0.29) is 12.5 Å². The maximum Gasteiger partial charge on any atom is 0.262 e. The molecule has 5 nitrogen and oxygen atoms in total. The second-order valence-electron chi connectivity index (χ2n) is 7.60. The highest BCUT2D eigenvalue weighted by Gasteiger charge is 2.20. The molecule has 0 saturated carbocycles. The van der Waals surface area contributed by atoms with Crippen molar-refractivity contribution in [2.24, 2.45) is 0 Å². The third-order valence-electron chi connectivity index (χ3n) is 5.16. The molecule has 3 rings (SSSR count). The predicted octanol–water partition coefficient (Wildman–Crippen LogP) is 5.01. The number of likely N-dealkylation sites (tertiary alicyclic amines) is 1. The van der Waals surface area contributed by atoms with Gasteiger partial charge >= 0.3 is 0 Å². The van der Waals surface area contributed by atoms with Gasteiger partial charge in [-0.05, 0) is 79.5 Å². The van der Waals surface area contributed by atoms with Gasteiger partial charge in [0.25, 0.3) is 5.91 Å². The second-order valence-corrected chi connectivity index (χ2v) is 9.15. The number of ether oxygens (including phenoxy) is 2. The number of anilines is 1. The molecule has 0 atom stereocenters. The molecule has 0 unspecified atom stereocenters. The number of benzene rings is 2. The number of methoxy groups -OCH3 is 1. The van der Waals surface area contributed by atoms with E-state index in [0.717, 1.165) is 44.0 Å². The molecule has 2 aromatic rings. The van der Waals surface area contributed by atoms with Gasteiger partial charge in [0, 0.05) is 24.3 Å². The van der Waals surface area contributed by atoms with Crippen molar-refractivity contribution >= 4 is 51.4 Å². The van der Waals surface area contributed by atoms with Gasteiger partial charge in [-0.2, -0.15) is 0 Å². The van der Waals surface area contributed by atoms with Gasteiger partial charge in [-0.15, -0.1) is 0 Å². The molecule has 1 fully saturated rings. The van der Waals surface area contributed by atoms with Crippen LogP contribution in [0.25, 0.3) is 0 Å². The van der Waals surface area contributed by atoms with Crippen LogP contribution in [-0.4, -0.2) is 42.6 Å². The lowest BCUT2D eigenvalue weighted by molar-refractivity contribution is -0.118. The zero-order valence-electron chi connectivity index (χ0n) is 17.8. The quantitative estimate of drug-likeness (QED) is 0.414. The first-order valence-electron chi connectivity index (χ1n) is 9.97. The smallest absolute Gasteiger partial charge is 0.262 e. The average Bonchev–Trinajstić information content (AvgIpc) is 3.23. The summed E-state index contributed by atoms with van der Waals surface area (Å²) in [5.41, 5.74) is 5.02. The number of hydrogen-bond acceptors (Lipinski definition) is 4. The van der Waals surface area contributed by atoms with Crippen LogP contribution in [0.15, 0.2) is 24.3 Å². The number of carbonyl (C=O) groups is 1. The number of hydrogen-bond donors (Lipinski definition) is 1. The molecule has 0 radical (unpaired) electrons. The van der Waals surface area contributed by atoms with Gasteiger partial charge in [0.15, 0.2) is 18.1 Å². The number of rotatable bonds is 6. The van der Waals surface area contributed by atoms with Crippen molar-refractivity contribution in [3.05, 3.63) is 50.1 Å². The molecule has 30 heavy (non-hydrogen) atoms. The Labute approximate surface area is 197 Å². The molecule has 2 aromatic carbocycles. The minimum absolute atomic E-state index is 0.102.